The lowest BCUT2D eigenvalue weighted by Gasteiger charge is -2.17. The summed E-state index contributed by atoms with van der Waals surface area (Å²) in [5.74, 6) is -0.129. The molecule has 94 valence electrons. The van der Waals surface area contributed by atoms with E-state index in [2.05, 4.69) is 15.9 Å². The fourth-order valence-corrected chi connectivity index (χ4v) is 2.42. The average Bonchev–Trinajstić information content (AvgIpc) is 2.80. The summed E-state index contributed by atoms with van der Waals surface area (Å²) in [5, 5.41) is 0.428. The number of hydrogen-bond donors (Lipinski definition) is 0. The topological polar surface area (TPSA) is 9.23 Å². The third kappa shape index (κ3) is 2.83. The Morgan fingerprint density at radius 3 is 2.65 bits per heavy atom. The number of rotatable bonds is 2. The highest BCUT2D eigenvalue weighted by atomic mass is 79.9. The molecular formula is C12H12BrF3O. The van der Waals surface area contributed by atoms with E-state index >= 15 is 0 Å². The quantitative estimate of drug-likeness (QED) is 0.747. The molecular weight excluding hydrogens is 297 g/mol. The van der Waals surface area contributed by atoms with E-state index in [1.165, 1.54) is 6.07 Å². The van der Waals surface area contributed by atoms with Gasteiger partial charge in [-0.05, 0) is 23.6 Å². The molecule has 1 heterocycles. The summed E-state index contributed by atoms with van der Waals surface area (Å²) in [4.78, 5) is 0. The van der Waals surface area contributed by atoms with E-state index in [9.17, 15) is 13.2 Å². The second-order valence-corrected chi connectivity index (χ2v) is 4.67. The first-order chi connectivity index (χ1) is 8.02. The van der Waals surface area contributed by atoms with E-state index in [0.717, 1.165) is 0 Å². The van der Waals surface area contributed by atoms with Gasteiger partial charge in [-0.2, -0.15) is 13.2 Å². The third-order valence-corrected chi connectivity index (χ3v) is 3.59. The van der Waals surface area contributed by atoms with Crippen molar-refractivity contribution in [3.63, 3.8) is 0 Å². The minimum atomic E-state index is -4.30. The number of benzene rings is 1. The molecule has 1 aromatic rings. The molecule has 0 aromatic heterocycles. The van der Waals surface area contributed by atoms with Crippen LogP contribution in [-0.2, 0) is 16.2 Å². The lowest BCUT2D eigenvalue weighted by atomic mass is 9.92. The van der Waals surface area contributed by atoms with Crippen molar-refractivity contribution >= 4 is 15.9 Å². The lowest BCUT2D eigenvalue weighted by molar-refractivity contribution is -0.138. The second kappa shape index (κ2) is 4.98. The van der Waals surface area contributed by atoms with Crippen molar-refractivity contribution < 1.29 is 17.9 Å². The van der Waals surface area contributed by atoms with Crippen LogP contribution in [0, 0.1) is 0 Å². The van der Waals surface area contributed by atoms with Crippen molar-refractivity contribution in [2.24, 2.45) is 0 Å². The molecule has 1 unspecified atom stereocenters. The summed E-state index contributed by atoms with van der Waals surface area (Å²) >= 11 is 3.17. The lowest BCUT2D eigenvalue weighted by Crippen LogP contribution is -2.13. The van der Waals surface area contributed by atoms with Gasteiger partial charge >= 0.3 is 6.18 Å². The van der Waals surface area contributed by atoms with Crippen LogP contribution in [0.4, 0.5) is 13.2 Å². The van der Waals surface area contributed by atoms with Crippen LogP contribution >= 0.6 is 15.9 Å². The SMILES string of the molecule is FC(F)(F)c1cc(CBr)ccc1C1CCOC1. The van der Waals surface area contributed by atoms with Crippen LogP contribution in [0.15, 0.2) is 18.2 Å². The van der Waals surface area contributed by atoms with Crippen molar-refractivity contribution in [3.05, 3.63) is 34.9 Å². The van der Waals surface area contributed by atoms with E-state index in [0.29, 0.717) is 36.1 Å². The fraction of sp³-hybridized carbons (Fsp3) is 0.500. The highest BCUT2D eigenvalue weighted by molar-refractivity contribution is 9.08. The predicted octanol–water partition coefficient (Wildman–Crippen LogP) is 4.10. The standard InChI is InChI=1S/C12H12BrF3O/c13-6-8-1-2-10(9-3-4-17-7-9)11(5-8)12(14,15)16/h1-2,5,9H,3-4,6-7H2. The summed E-state index contributed by atoms with van der Waals surface area (Å²) in [6.45, 7) is 0.929. The monoisotopic (exact) mass is 308 g/mol. The van der Waals surface area contributed by atoms with Crippen LogP contribution in [0.5, 0.6) is 0 Å². The molecule has 0 radical (unpaired) electrons. The summed E-state index contributed by atoms with van der Waals surface area (Å²) < 4.78 is 44.0. The minimum Gasteiger partial charge on any atom is -0.381 e. The largest absolute Gasteiger partial charge is 0.416 e. The van der Waals surface area contributed by atoms with Crippen LogP contribution in [0.2, 0.25) is 0 Å². The molecule has 0 aliphatic carbocycles. The van der Waals surface area contributed by atoms with E-state index in [1.807, 2.05) is 0 Å². The molecule has 0 bridgehead atoms. The Morgan fingerprint density at radius 1 is 1.35 bits per heavy atom. The molecule has 1 nitrogen and oxygen atoms in total. The maximum Gasteiger partial charge on any atom is 0.416 e. The highest BCUT2D eigenvalue weighted by Gasteiger charge is 2.36. The molecule has 0 N–H and O–H groups in total. The molecule has 5 heteroatoms. The van der Waals surface area contributed by atoms with Gasteiger partial charge in [0.1, 0.15) is 0 Å². The fourth-order valence-electron chi connectivity index (χ4n) is 2.07. The van der Waals surface area contributed by atoms with Gasteiger partial charge in [-0.3, -0.25) is 0 Å². The maximum atomic E-state index is 13.0. The summed E-state index contributed by atoms with van der Waals surface area (Å²) in [6.07, 6.45) is -3.63. The van der Waals surface area contributed by atoms with Crippen LogP contribution in [-0.4, -0.2) is 13.2 Å². The van der Waals surface area contributed by atoms with Crippen LogP contribution in [0.3, 0.4) is 0 Å². The Morgan fingerprint density at radius 2 is 2.12 bits per heavy atom. The molecule has 1 aliphatic heterocycles. The Kier molecular flexibility index (Phi) is 3.78. The zero-order valence-corrected chi connectivity index (χ0v) is 10.6. The summed E-state index contributed by atoms with van der Waals surface area (Å²) in [5.41, 5.74) is 0.477. The molecule has 1 saturated heterocycles. The van der Waals surface area contributed by atoms with Crippen LogP contribution < -0.4 is 0 Å². The van der Waals surface area contributed by atoms with Gasteiger partial charge in [0, 0.05) is 17.9 Å². The minimum absolute atomic E-state index is 0.129. The van der Waals surface area contributed by atoms with E-state index < -0.39 is 11.7 Å². The molecule has 0 saturated carbocycles. The van der Waals surface area contributed by atoms with Crippen molar-refractivity contribution in [3.8, 4) is 0 Å². The average molecular weight is 309 g/mol. The number of hydrogen-bond acceptors (Lipinski definition) is 1. The van der Waals surface area contributed by atoms with Gasteiger partial charge in [0.2, 0.25) is 0 Å². The Hall–Kier alpha value is -0.550. The number of halogens is 4. The van der Waals surface area contributed by atoms with Crippen LogP contribution in [0.1, 0.15) is 29.0 Å². The van der Waals surface area contributed by atoms with E-state index in [-0.39, 0.29) is 5.92 Å². The van der Waals surface area contributed by atoms with Gasteiger partial charge < -0.3 is 4.74 Å². The van der Waals surface area contributed by atoms with Gasteiger partial charge in [0.05, 0.1) is 12.2 Å². The number of alkyl halides is 4. The maximum absolute atomic E-state index is 13.0. The van der Waals surface area contributed by atoms with Crippen molar-refractivity contribution in [2.75, 3.05) is 13.2 Å². The van der Waals surface area contributed by atoms with Crippen molar-refractivity contribution in [1.29, 1.82) is 0 Å². The van der Waals surface area contributed by atoms with Gasteiger partial charge in [0.25, 0.3) is 0 Å². The Bertz CT molecular complexity index is 397. The first kappa shape index (κ1) is 12.9. The van der Waals surface area contributed by atoms with E-state index in [1.54, 1.807) is 12.1 Å². The zero-order chi connectivity index (χ0) is 12.5. The van der Waals surface area contributed by atoms with Gasteiger partial charge in [-0.25, -0.2) is 0 Å². The molecule has 0 spiro atoms. The highest BCUT2D eigenvalue weighted by Crippen LogP contribution is 2.38. The third-order valence-electron chi connectivity index (χ3n) is 2.95. The zero-order valence-electron chi connectivity index (χ0n) is 9.06. The smallest absolute Gasteiger partial charge is 0.381 e. The molecule has 1 fully saturated rings. The Balaban J connectivity index is 2.42. The molecule has 1 atom stereocenters. The van der Waals surface area contributed by atoms with Crippen molar-refractivity contribution in [1.82, 2.24) is 0 Å². The van der Waals surface area contributed by atoms with Crippen molar-refractivity contribution in [2.45, 2.75) is 23.8 Å². The van der Waals surface area contributed by atoms with Gasteiger partial charge in [0.15, 0.2) is 0 Å². The summed E-state index contributed by atoms with van der Waals surface area (Å²) in [7, 11) is 0. The molecule has 1 aliphatic rings. The normalized spacial score (nSPS) is 20.8. The first-order valence-electron chi connectivity index (χ1n) is 5.36. The predicted molar refractivity (Wildman–Crippen MR) is 62.3 cm³/mol. The molecule has 0 amide bonds. The van der Waals surface area contributed by atoms with Crippen LogP contribution in [0.25, 0.3) is 0 Å². The van der Waals surface area contributed by atoms with Gasteiger partial charge in [-0.1, -0.05) is 28.1 Å². The second-order valence-electron chi connectivity index (χ2n) is 4.11. The molecule has 2 rings (SSSR count). The van der Waals surface area contributed by atoms with Gasteiger partial charge in [-0.15, -0.1) is 0 Å². The van der Waals surface area contributed by atoms with E-state index in [4.69, 9.17) is 4.74 Å². The first-order valence-corrected chi connectivity index (χ1v) is 6.48. The molecule has 17 heavy (non-hydrogen) atoms. The molecule has 1 aromatic carbocycles. The number of ether oxygens (including phenoxy) is 1. The summed E-state index contributed by atoms with van der Waals surface area (Å²) in [6, 6.07) is 4.54. The Labute approximate surface area is 106 Å².